The lowest BCUT2D eigenvalue weighted by molar-refractivity contribution is -0.149. The molecule has 0 unspecified atom stereocenters. The van der Waals surface area contributed by atoms with Crippen LogP contribution in [0, 0.1) is 11.3 Å². The fourth-order valence-corrected chi connectivity index (χ4v) is 5.35. The second kappa shape index (κ2) is 7.28. The summed E-state index contributed by atoms with van der Waals surface area (Å²) in [6.45, 7) is 3.42. The van der Waals surface area contributed by atoms with Crippen molar-refractivity contribution < 1.29 is 14.6 Å². The lowest BCUT2D eigenvalue weighted by Gasteiger charge is -2.33. The van der Waals surface area contributed by atoms with Gasteiger partial charge in [-0.05, 0) is 12.8 Å². The van der Waals surface area contributed by atoms with Crippen molar-refractivity contribution in [3.05, 3.63) is 28.2 Å². The number of carboxylic acids is 1. The number of carbonyl (C=O) groups is 1. The van der Waals surface area contributed by atoms with Gasteiger partial charge in [0, 0.05) is 62.6 Å². The molecular weight excluding hydrogens is 346 g/mol. The molecule has 2 atom stereocenters. The van der Waals surface area contributed by atoms with Crippen LogP contribution in [-0.2, 0) is 11.3 Å². The van der Waals surface area contributed by atoms with Crippen LogP contribution in [0.5, 0.6) is 5.75 Å². The number of pyridine rings is 1. The van der Waals surface area contributed by atoms with Gasteiger partial charge in [-0.15, -0.1) is 0 Å². The summed E-state index contributed by atoms with van der Waals surface area (Å²) in [6.07, 6.45) is 7.84. The van der Waals surface area contributed by atoms with E-state index in [-0.39, 0.29) is 11.3 Å². The summed E-state index contributed by atoms with van der Waals surface area (Å²) in [4.78, 5) is 31.9. The van der Waals surface area contributed by atoms with E-state index in [1.165, 1.54) is 39.2 Å². The van der Waals surface area contributed by atoms with Crippen LogP contribution in [0.3, 0.4) is 0 Å². The molecule has 1 saturated carbocycles. The molecule has 7 heteroatoms. The summed E-state index contributed by atoms with van der Waals surface area (Å²) in [5, 5.41) is 10.1. The van der Waals surface area contributed by atoms with Crippen LogP contribution >= 0.6 is 0 Å². The summed E-state index contributed by atoms with van der Waals surface area (Å²) in [5.74, 6) is -0.222. The van der Waals surface area contributed by atoms with Crippen LogP contribution in [0.25, 0.3) is 0 Å². The predicted octanol–water partition coefficient (Wildman–Crippen LogP) is 1.53. The van der Waals surface area contributed by atoms with Gasteiger partial charge in [0.1, 0.15) is 0 Å². The molecule has 1 aliphatic carbocycles. The van der Waals surface area contributed by atoms with E-state index in [0.717, 1.165) is 18.8 Å². The molecule has 3 fully saturated rings. The molecule has 2 aliphatic heterocycles. The number of ether oxygens (including phenoxy) is 1. The Kier molecular flexibility index (Phi) is 4.99. The van der Waals surface area contributed by atoms with E-state index in [1.54, 1.807) is 12.3 Å². The zero-order valence-electron chi connectivity index (χ0n) is 15.9. The molecular formula is C20H29N3O4. The molecule has 3 aliphatic rings. The van der Waals surface area contributed by atoms with E-state index in [9.17, 15) is 14.7 Å². The third kappa shape index (κ3) is 3.38. The number of likely N-dealkylation sites (tertiary alicyclic amines) is 2. The van der Waals surface area contributed by atoms with E-state index in [1.807, 2.05) is 0 Å². The molecule has 27 heavy (non-hydrogen) atoms. The van der Waals surface area contributed by atoms with Gasteiger partial charge in [-0.3, -0.25) is 19.4 Å². The van der Waals surface area contributed by atoms with Crippen molar-refractivity contribution in [1.82, 2.24) is 14.8 Å². The Morgan fingerprint density at radius 3 is 2.70 bits per heavy atom. The first-order valence-corrected chi connectivity index (χ1v) is 9.97. The van der Waals surface area contributed by atoms with Crippen LogP contribution in [0.2, 0.25) is 0 Å². The highest BCUT2D eigenvalue weighted by Gasteiger charge is 2.58. The molecule has 0 radical (unpaired) electrons. The normalized spacial score (nSPS) is 29.7. The lowest BCUT2D eigenvalue weighted by atomic mass is 9.81. The first-order chi connectivity index (χ1) is 13.0. The molecule has 3 heterocycles. The minimum Gasteiger partial charge on any atom is -0.491 e. The Morgan fingerprint density at radius 1 is 1.30 bits per heavy atom. The molecule has 2 saturated heterocycles. The minimum absolute atomic E-state index is 0.151. The number of methoxy groups -OCH3 is 1. The largest absolute Gasteiger partial charge is 0.491 e. The van der Waals surface area contributed by atoms with Crippen LogP contribution in [-0.4, -0.2) is 65.2 Å². The van der Waals surface area contributed by atoms with Gasteiger partial charge in [0.2, 0.25) is 5.43 Å². The van der Waals surface area contributed by atoms with E-state index >= 15 is 0 Å². The Balaban J connectivity index is 1.46. The quantitative estimate of drug-likeness (QED) is 0.812. The van der Waals surface area contributed by atoms with E-state index in [2.05, 4.69) is 14.8 Å². The maximum absolute atomic E-state index is 12.2. The Bertz CT molecular complexity index is 758. The second-order valence-corrected chi connectivity index (χ2v) is 8.44. The van der Waals surface area contributed by atoms with Crippen molar-refractivity contribution in [2.45, 2.75) is 44.7 Å². The van der Waals surface area contributed by atoms with Crippen LogP contribution < -0.4 is 10.2 Å². The number of hydrogen-bond acceptors (Lipinski definition) is 5. The number of aromatic nitrogens is 1. The van der Waals surface area contributed by atoms with Crippen molar-refractivity contribution in [2.24, 2.45) is 11.3 Å². The smallest absolute Gasteiger partial charge is 0.312 e. The van der Waals surface area contributed by atoms with Crippen molar-refractivity contribution in [3.63, 3.8) is 0 Å². The summed E-state index contributed by atoms with van der Waals surface area (Å²) >= 11 is 0. The van der Waals surface area contributed by atoms with Crippen molar-refractivity contribution >= 4 is 5.97 Å². The first-order valence-electron chi connectivity index (χ1n) is 9.97. The van der Waals surface area contributed by atoms with E-state index < -0.39 is 11.4 Å². The molecule has 4 rings (SSSR count). The highest BCUT2D eigenvalue weighted by Crippen LogP contribution is 2.45. The summed E-state index contributed by atoms with van der Waals surface area (Å²) < 4.78 is 5.01. The van der Waals surface area contributed by atoms with Gasteiger partial charge in [-0.1, -0.05) is 19.3 Å². The number of nitrogens with one attached hydrogen (secondary N) is 1. The minimum atomic E-state index is -0.676. The van der Waals surface area contributed by atoms with Crippen LogP contribution in [0.1, 0.15) is 37.8 Å². The van der Waals surface area contributed by atoms with Crippen LogP contribution in [0.4, 0.5) is 0 Å². The van der Waals surface area contributed by atoms with Gasteiger partial charge in [-0.25, -0.2) is 0 Å². The summed E-state index contributed by atoms with van der Waals surface area (Å²) in [7, 11) is 1.47. The van der Waals surface area contributed by atoms with Crippen molar-refractivity contribution in [3.8, 4) is 5.75 Å². The number of rotatable bonds is 5. The number of aliphatic carboxylic acids is 1. The van der Waals surface area contributed by atoms with Gasteiger partial charge in [-0.2, -0.15) is 0 Å². The zero-order valence-corrected chi connectivity index (χ0v) is 15.9. The molecule has 0 aromatic carbocycles. The fraction of sp³-hybridized carbons (Fsp3) is 0.700. The molecule has 0 bridgehead atoms. The molecule has 0 spiro atoms. The Labute approximate surface area is 159 Å². The maximum atomic E-state index is 12.2. The van der Waals surface area contributed by atoms with Gasteiger partial charge in [0.15, 0.2) is 5.75 Å². The molecule has 7 nitrogen and oxygen atoms in total. The van der Waals surface area contributed by atoms with Crippen molar-refractivity contribution in [1.29, 1.82) is 0 Å². The van der Waals surface area contributed by atoms with Gasteiger partial charge < -0.3 is 14.8 Å². The Hall–Kier alpha value is -1.86. The highest BCUT2D eigenvalue weighted by atomic mass is 16.5. The van der Waals surface area contributed by atoms with Gasteiger partial charge in [0.05, 0.1) is 12.5 Å². The number of carboxylic acid groups (broad SMARTS) is 1. The molecule has 1 aromatic rings. The lowest BCUT2D eigenvalue weighted by Crippen LogP contribution is -2.43. The van der Waals surface area contributed by atoms with E-state index in [4.69, 9.17) is 4.74 Å². The zero-order chi connectivity index (χ0) is 19.0. The monoisotopic (exact) mass is 375 g/mol. The first kappa shape index (κ1) is 18.5. The predicted molar refractivity (Wildman–Crippen MR) is 101 cm³/mol. The van der Waals surface area contributed by atoms with Crippen molar-refractivity contribution in [2.75, 3.05) is 33.3 Å². The summed E-state index contributed by atoms with van der Waals surface area (Å²) in [5.41, 5.74) is -0.0305. The fourth-order valence-electron chi connectivity index (χ4n) is 5.35. The number of hydrogen-bond donors (Lipinski definition) is 2. The number of fused-ring (bicyclic) bond motifs is 1. The van der Waals surface area contributed by atoms with E-state index in [0.29, 0.717) is 31.4 Å². The molecule has 1 aromatic heterocycles. The topological polar surface area (TPSA) is 85.9 Å². The van der Waals surface area contributed by atoms with Gasteiger partial charge >= 0.3 is 5.97 Å². The third-order valence-electron chi connectivity index (χ3n) is 6.77. The summed E-state index contributed by atoms with van der Waals surface area (Å²) in [6, 6.07) is 2.11. The van der Waals surface area contributed by atoms with Crippen LogP contribution in [0.15, 0.2) is 17.1 Å². The number of H-pyrrole nitrogens is 1. The third-order valence-corrected chi connectivity index (χ3v) is 6.77. The second-order valence-electron chi connectivity index (χ2n) is 8.44. The molecule has 0 amide bonds. The van der Waals surface area contributed by atoms with Gasteiger partial charge in [0.25, 0.3) is 0 Å². The SMILES string of the molecule is COc1c[nH]c(CN2C[C@H]3CN(C4CCCCC4)C[C@@]3(C(=O)O)C2)cc1=O. The molecule has 2 N–H and O–H groups in total. The average Bonchev–Trinajstić information content (AvgIpc) is 3.18. The molecule has 148 valence electrons. The number of aromatic amines is 1. The average molecular weight is 375 g/mol. The highest BCUT2D eigenvalue weighted by molar-refractivity contribution is 5.77. The maximum Gasteiger partial charge on any atom is 0.312 e. The Morgan fingerprint density at radius 2 is 2.07 bits per heavy atom. The standard InChI is InChI=1S/C20H29N3O4/c1-27-18-8-21-15(7-17(18)24)11-22-9-14-10-23(16-5-3-2-4-6-16)13-20(14,12-22)19(25)26/h7-8,14,16H,2-6,9-13H2,1H3,(H,21,24)(H,25,26)/t14-,20-/m0/s1. The number of nitrogens with zero attached hydrogens (tertiary/aromatic N) is 2.